The minimum Gasteiger partial charge on any atom is -0.444 e. The first kappa shape index (κ1) is 24.7. The van der Waals surface area contributed by atoms with Crippen molar-refractivity contribution >= 4 is 30.5 Å². The topological polar surface area (TPSA) is 86.5 Å². The van der Waals surface area contributed by atoms with Crippen LogP contribution < -0.4 is 4.90 Å². The molecule has 0 bridgehead atoms. The van der Waals surface area contributed by atoms with E-state index in [0.29, 0.717) is 36.3 Å². The van der Waals surface area contributed by atoms with Crippen molar-refractivity contribution < 1.29 is 18.3 Å². The van der Waals surface area contributed by atoms with Crippen molar-refractivity contribution in [2.24, 2.45) is 15.9 Å². The molecule has 4 rings (SSSR count). The normalized spacial score (nSPS) is 22.9. The van der Waals surface area contributed by atoms with Crippen LogP contribution in [0.4, 0.5) is 19.4 Å². The largest absolute Gasteiger partial charge is 0.444 e. The van der Waals surface area contributed by atoms with Gasteiger partial charge in [0.1, 0.15) is 22.8 Å². The quantitative estimate of drug-likeness (QED) is 0.587. The Morgan fingerprint density at radius 3 is 2.80 bits per heavy atom. The third-order valence-electron chi connectivity index (χ3n) is 6.24. The first-order valence-corrected chi connectivity index (χ1v) is 11.7. The summed E-state index contributed by atoms with van der Waals surface area (Å²) in [5, 5.41) is 0. The number of ether oxygens (including phenoxy) is 1. The second-order valence-corrected chi connectivity index (χ2v) is 9.78. The second kappa shape index (κ2) is 10.1. The zero-order valence-corrected chi connectivity index (χ0v) is 20.3. The van der Waals surface area contributed by atoms with Gasteiger partial charge in [0.15, 0.2) is 5.82 Å². The van der Waals surface area contributed by atoms with Crippen LogP contribution in [0.5, 0.6) is 0 Å². The van der Waals surface area contributed by atoms with E-state index in [0.717, 1.165) is 19.4 Å². The molecule has 3 aliphatic heterocycles. The molecule has 11 heteroatoms. The SMILES string of the molecule is C=N/C=C(/c1nccc(N2CCC3CCN(C(=O)OC(C)(C)C)C3C2)n1)N1C=C(C(F)F)N=CC1. The molecule has 2 unspecified atom stereocenters. The number of allylic oxidation sites excluding steroid dienone is 1. The second-order valence-electron chi connectivity index (χ2n) is 9.78. The Labute approximate surface area is 203 Å². The molecule has 0 radical (unpaired) electrons. The molecule has 188 valence electrons. The molecule has 35 heavy (non-hydrogen) atoms. The van der Waals surface area contributed by atoms with Crippen LogP contribution in [0.1, 0.15) is 39.4 Å². The minimum atomic E-state index is -2.69. The summed E-state index contributed by atoms with van der Waals surface area (Å²) in [5.41, 5.74) is -0.449. The lowest BCUT2D eigenvalue weighted by Crippen LogP contribution is -2.51. The maximum atomic E-state index is 13.2. The monoisotopic (exact) mass is 487 g/mol. The van der Waals surface area contributed by atoms with Gasteiger partial charge in [-0.1, -0.05) is 0 Å². The lowest BCUT2D eigenvalue weighted by molar-refractivity contribution is 0.0203. The number of piperidine rings is 1. The number of amides is 1. The lowest BCUT2D eigenvalue weighted by atomic mass is 9.92. The first-order chi connectivity index (χ1) is 16.7. The molecule has 1 amide bonds. The van der Waals surface area contributed by atoms with E-state index in [1.54, 1.807) is 11.1 Å². The number of likely N-dealkylation sites (tertiary alicyclic amines) is 1. The third kappa shape index (κ3) is 5.66. The predicted molar refractivity (Wildman–Crippen MR) is 131 cm³/mol. The van der Waals surface area contributed by atoms with Crippen LogP contribution in [0.25, 0.3) is 5.70 Å². The Morgan fingerprint density at radius 2 is 2.09 bits per heavy atom. The van der Waals surface area contributed by atoms with Crippen LogP contribution >= 0.6 is 0 Å². The highest BCUT2D eigenvalue weighted by molar-refractivity contribution is 5.71. The van der Waals surface area contributed by atoms with Gasteiger partial charge < -0.3 is 19.4 Å². The van der Waals surface area contributed by atoms with Crippen LogP contribution in [0, 0.1) is 5.92 Å². The highest BCUT2D eigenvalue weighted by atomic mass is 19.3. The van der Waals surface area contributed by atoms with Crippen LogP contribution in [0.3, 0.4) is 0 Å². The number of alkyl halides is 2. The molecule has 3 aliphatic rings. The van der Waals surface area contributed by atoms with Crippen molar-refractivity contribution in [3.63, 3.8) is 0 Å². The number of hydrogen-bond acceptors (Lipinski definition) is 8. The number of aromatic nitrogens is 2. The smallest absolute Gasteiger partial charge is 0.410 e. The molecule has 9 nitrogen and oxygen atoms in total. The van der Waals surface area contributed by atoms with E-state index in [2.05, 4.69) is 26.6 Å². The molecule has 1 aromatic heterocycles. The molecule has 0 aliphatic carbocycles. The van der Waals surface area contributed by atoms with E-state index >= 15 is 0 Å². The molecule has 0 spiro atoms. The zero-order valence-electron chi connectivity index (χ0n) is 20.3. The van der Waals surface area contributed by atoms with Crippen LogP contribution in [-0.4, -0.2) is 83.0 Å². The molecular weight excluding hydrogens is 456 g/mol. The fourth-order valence-corrected chi connectivity index (χ4v) is 4.65. The Balaban J connectivity index is 1.54. The number of carbonyl (C=O) groups excluding carboxylic acids is 1. The molecule has 1 aromatic rings. The van der Waals surface area contributed by atoms with Gasteiger partial charge in [-0.2, -0.15) is 0 Å². The Kier molecular flexibility index (Phi) is 7.13. The van der Waals surface area contributed by atoms with E-state index in [1.165, 1.54) is 18.6 Å². The maximum absolute atomic E-state index is 13.2. The van der Waals surface area contributed by atoms with Gasteiger partial charge in [-0.3, -0.25) is 9.98 Å². The van der Waals surface area contributed by atoms with Gasteiger partial charge in [-0.05, 0) is 52.3 Å². The van der Waals surface area contributed by atoms with Gasteiger partial charge in [0.2, 0.25) is 0 Å². The number of aliphatic imine (C=N–C) groups is 2. The molecule has 2 saturated heterocycles. The van der Waals surface area contributed by atoms with Crippen molar-refractivity contribution in [2.75, 3.05) is 31.1 Å². The predicted octanol–water partition coefficient (Wildman–Crippen LogP) is 3.80. The fraction of sp³-hybridized carbons (Fsp3) is 0.542. The van der Waals surface area contributed by atoms with Crippen molar-refractivity contribution in [2.45, 2.75) is 51.7 Å². The average Bonchev–Trinajstić information content (AvgIpc) is 3.25. The van der Waals surface area contributed by atoms with Gasteiger partial charge in [0.05, 0.1) is 18.8 Å². The summed E-state index contributed by atoms with van der Waals surface area (Å²) in [6.45, 7) is 11.5. The van der Waals surface area contributed by atoms with E-state index in [-0.39, 0.29) is 24.4 Å². The van der Waals surface area contributed by atoms with Crippen molar-refractivity contribution in [1.82, 2.24) is 19.8 Å². The highest BCUT2D eigenvalue weighted by Gasteiger charge is 2.42. The van der Waals surface area contributed by atoms with Crippen molar-refractivity contribution in [3.05, 3.63) is 36.2 Å². The van der Waals surface area contributed by atoms with Crippen LogP contribution in [0.15, 0.2) is 40.3 Å². The maximum Gasteiger partial charge on any atom is 0.410 e. The molecule has 0 N–H and O–H groups in total. The van der Waals surface area contributed by atoms with Crippen LogP contribution in [0.2, 0.25) is 0 Å². The van der Waals surface area contributed by atoms with Gasteiger partial charge in [0, 0.05) is 38.2 Å². The van der Waals surface area contributed by atoms with E-state index in [4.69, 9.17) is 9.72 Å². The van der Waals surface area contributed by atoms with Gasteiger partial charge in [-0.15, -0.1) is 0 Å². The third-order valence-corrected chi connectivity index (χ3v) is 6.24. The highest BCUT2D eigenvalue weighted by Crippen LogP contribution is 2.34. The number of carbonyl (C=O) groups is 1. The van der Waals surface area contributed by atoms with E-state index in [1.807, 2.05) is 31.7 Å². The lowest BCUT2D eigenvalue weighted by Gasteiger charge is -2.39. The Hall–Kier alpha value is -3.37. The van der Waals surface area contributed by atoms with E-state index < -0.39 is 12.0 Å². The number of hydrogen-bond donors (Lipinski definition) is 0. The summed E-state index contributed by atoms with van der Waals surface area (Å²) >= 11 is 0. The van der Waals surface area contributed by atoms with Gasteiger partial charge in [0.25, 0.3) is 6.43 Å². The van der Waals surface area contributed by atoms with Crippen LogP contribution in [-0.2, 0) is 4.74 Å². The zero-order chi connectivity index (χ0) is 25.2. The summed E-state index contributed by atoms with van der Waals surface area (Å²) in [6, 6.07) is 1.85. The molecule has 2 fully saturated rings. The number of nitrogens with zero attached hydrogens (tertiary/aromatic N) is 7. The molecule has 4 heterocycles. The minimum absolute atomic E-state index is 0.0386. The number of rotatable bonds is 5. The summed E-state index contributed by atoms with van der Waals surface area (Å²) in [7, 11) is 0. The first-order valence-electron chi connectivity index (χ1n) is 11.7. The molecular formula is C24H31F2N7O2. The number of halogens is 2. The standard InChI is InChI=1S/C24H31F2N7O2/c1-24(2,3)35-23(34)33-11-7-16-6-10-32(15-19(16)33)20-5-8-29-22(30-20)18(13-27-4)31-12-9-28-17(14-31)21(25)26/h5,8-9,13-14,16,19,21H,4,6-7,10-12,15H2,1-3H3/b18-13-. The average molecular weight is 488 g/mol. The number of anilines is 1. The number of fused-ring (bicyclic) bond motifs is 1. The van der Waals surface area contributed by atoms with Crippen molar-refractivity contribution in [1.29, 1.82) is 0 Å². The molecule has 2 atom stereocenters. The molecule has 0 aromatic carbocycles. The van der Waals surface area contributed by atoms with Crippen molar-refractivity contribution in [3.8, 4) is 0 Å². The van der Waals surface area contributed by atoms with Gasteiger partial charge in [-0.25, -0.2) is 23.5 Å². The van der Waals surface area contributed by atoms with Gasteiger partial charge >= 0.3 is 6.09 Å². The molecule has 0 saturated carbocycles. The van der Waals surface area contributed by atoms with E-state index in [9.17, 15) is 13.6 Å². The summed E-state index contributed by atoms with van der Waals surface area (Å²) in [6.07, 6.45) is 4.69. The Morgan fingerprint density at radius 1 is 1.31 bits per heavy atom. The summed E-state index contributed by atoms with van der Waals surface area (Å²) < 4.78 is 32.0. The summed E-state index contributed by atoms with van der Waals surface area (Å²) in [4.78, 5) is 35.0. The summed E-state index contributed by atoms with van der Waals surface area (Å²) in [5.74, 6) is 1.46. The Bertz CT molecular complexity index is 1050. The fourth-order valence-electron chi connectivity index (χ4n) is 4.65.